The van der Waals surface area contributed by atoms with E-state index in [1.54, 1.807) is 0 Å². The van der Waals surface area contributed by atoms with E-state index in [4.69, 9.17) is 6.58 Å². The molecule has 0 N–H and O–H groups in total. The van der Waals surface area contributed by atoms with Crippen molar-refractivity contribution in [2.45, 2.75) is 99.8 Å². The molecule has 0 aromatic carbocycles. The second-order valence-corrected chi connectivity index (χ2v) is 15.5. The molecule has 0 bridgehead atoms. The summed E-state index contributed by atoms with van der Waals surface area (Å²) in [5, 5.41) is 13.6. The van der Waals surface area contributed by atoms with Gasteiger partial charge < -0.3 is 0 Å². The van der Waals surface area contributed by atoms with Gasteiger partial charge in [0.25, 0.3) is 0 Å². The Morgan fingerprint density at radius 3 is 2.34 bits per heavy atom. The van der Waals surface area contributed by atoms with Crippen LogP contribution < -0.4 is 0 Å². The highest BCUT2D eigenvalue weighted by molar-refractivity contribution is 6.04. The van der Waals surface area contributed by atoms with Crippen LogP contribution in [0.3, 0.4) is 0 Å². The Balaban J connectivity index is 1.65. The summed E-state index contributed by atoms with van der Waals surface area (Å²) in [5.74, 6) is 0.422. The number of hydrogen-bond donors (Lipinski definition) is 0. The predicted octanol–water partition coefficient (Wildman–Crippen LogP) is 8.11. The van der Waals surface area contributed by atoms with Gasteiger partial charge in [-0.15, -0.1) is 0 Å². The van der Waals surface area contributed by atoms with Crippen LogP contribution in [0.2, 0.25) is 0 Å². The summed E-state index contributed by atoms with van der Waals surface area (Å²) in [4.78, 5) is 29.7. The number of hydrogen-bond acceptors (Lipinski definition) is 3. The Labute approximate surface area is 227 Å². The summed E-state index contributed by atoms with van der Waals surface area (Å²) in [6.45, 7) is 20.6. The molecule has 5 rings (SSSR count). The van der Waals surface area contributed by atoms with E-state index < -0.39 is 10.8 Å². The molecule has 0 heterocycles. The molecule has 0 aromatic rings. The number of azide groups is 1. The van der Waals surface area contributed by atoms with Crippen molar-refractivity contribution < 1.29 is 9.59 Å². The van der Waals surface area contributed by atoms with Gasteiger partial charge in [-0.2, -0.15) is 5.26 Å². The van der Waals surface area contributed by atoms with E-state index in [-0.39, 0.29) is 57.0 Å². The standard InChI is InChI=1S/C32H44N4O2/c1-19-15-23-29(6)16-20(18-33)25(37)28(4,5)22(29)9-10-30(23,7)31(8)12-14-32(26(38)35-36-34)13-11-27(2,3)17-21(32)24(19)31/h16,21-24H,1,9-15,17H2,2-8H3/t21-,22-,23+,24+,29-,30+,31+,32-/m0/s1. The van der Waals surface area contributed by atoms with Gasteiger partial charge in [-0.3, -0.25) is 9.59 Å². The number of carbonyl (C=O) groups is 2. The number of nitrogens with zero attached hydrogens (tertiary/aromatic N) is 4. The van der Waals surface area contributed by atoms with Crippen molar-refractivity contribution >= 4 is 11.7 Å². The lowest BCUT2D eigenvalue weighted by Gasteiger charge is -2.72. The Morgan fingerprint density at radius 1 is 1.05 bits per heavy atom. The third-order valence-electron chi connectivity index (χ3n) is 13.2. The zero-order valence-corrected chi connectivity index (χ0v) is 24.4. The van der Waals surface area contributed by atoms with Crippen LogP contribution in [0.25, 0.3) is 10.4 Å². The summed E-state index contributed by atoms with van der Waals surface area (Å²) in [6.07, 6.45) is 9.15. The van der Waals surface area contributed by atoms with Crippen LogP contribution in [0, 0.1) is 67.5 Å². The fraction of sp³-hybridized carbons (Fsp3) is 0.781. The van der Waals surface area contributed by atoms with Crippen LogP contribution in [-0.2, 0) is 9.59 Å². The van der Waals surface area contributed by atoms with Crippen molar-refractivity contribution in [2.75, 3.05) is 0 Å². The first kappa shape index (κ1) is 27.2. The average molecular weight is 517 g/mol. The van der Waals surface area contributed by atoms with Crippen molar-refractivity contribution in [3.63, 3.8) is 0 Å². The van der Waals surface area contributed by atoms with Gasteiger partial charge in [0.1, 0.15) is 6.07 Å². The van der Waals surface area contributed by atoms with E-state index in [2.05, 4.69) is 50.7 Å². The average Bonchev–Trinajstić information content (AvgIpc) is 2.82. The van der Waals surface area contributed by atoms with E-state index >= 15 is 0 Å². The Morgan fingerprint density at radius 2 is 1.71 bits per heavy atom. The lowest BCUT2D eigenvalue weighted by molar-refractivity contribution is -0.211. The van der Waals surface area contributed by atoms with E-state index in [0.29, 0.717) is 5.57 Å². The fourth-order valence-electron chi connectivity index (χ4n) is 11.0. The molecular weight excluding hydrogens is 472 g/mol. The summed E-state index contributed by atoms with van der Waals surface area (Å²) in [7, 11) is 0. The van der Waals surface area contributed by atoms with Crippen LogP contribution in [0.1, 0.15) is 99.8 Å². The van der Waals surface area contributed by atoms with Gasteiger partial charge in [0.05, 0.1) is 5.57 Å². The molecule has 38 heavy (non-hydrogen) atoms. The highest BCUT2D eigenvalue weighted by atomic mass is 16.2. The Kier molecular flexibility index (Phi) is 5.78. The van der Waals surface area contributed by atoms with Crippen LogP contribution in [-0.4, -0.2) is 11.7 Å². The maximum Gasteiger partial charge on any atom is 0.225 e. The van der Waals surface area contributed by atoms with Crippen LogP contribution in [0.4, 0.5) is 0 Å². The normalized spacial score (nSPS) is 46.6. The third-order valence-corrected chi connectivity index (χ3v) is 13.2. The van der Waals surface area contributed by atoms with Gasteiger partial charge in [-0.1, -0.05) is 66.7 Å². The quantitative estimate of drug-likeness (QED) is 0.152. The molecule has 8 atom stereocenters. The maximum atomic E-state index is 13.5. The highest BCUT2D eigenvalue weighted by Gasteiger charge is 2.71. The minimum atomic E-state index is -0.605. The number of ketones is 1. The molecule has 0 unspecified atom stereocenters. The van der Waals surface area contributed by atoms with Crippen molar-refractivity contribution in [1.82, 2.24) is 0 Å². The first-order chi connectivity index (χ1) is 17.5. The molecule has 0 saturated heterocycles. The number of carbonyl (C=O) groups excluding carboxylic acids is 2. The molecule has 204 valence electrons. The fourth-order valence-corrected chi connectivity index (χ4v) is 11.0. The largest absolute Gasteiger partial charge is 0.293 e. The molecule has 6 heteroatoms. The Hall–Kier alpha value is -2.38. The van der Waals surface area contributed by atoms with E-state index in [1.165, 1.54) is 5.57 Å². The number of allylic oxidation sites excluding steroid dienone is 3. The van der Waals surface area contributed by atoms with Gasteiger partial charge in [0, 0.05) is 15.7 Å². The van der Waals surface area contributed by atoms with E-state index in [1.807, 2.05) is 19.9 Å². The SMILES string of the molecule is C=C1C[C@@H]2[C@@]3(C)C=C(C#N)C(=O)C(C)(C)[C@@H]3CC[C@@]2(C)[C@]2(C)CC[C@@]3(C(=O)N=[N+]=[N-])CCC(C)(C)C[C@H]3[C@@H]12. The predicted molar refractivity (Wildman–Crippen MR) is 147 cm³/mol. The summed E-state index contributed by atoms with van der Waals surface area (Å²) >= 11 is 0. The minimum Gasteiger partial charge on any atom is -0.293 e. The maximum absolute atomic E-state index is 13.5. The molecule has 0 spiro atoms. The van der Waals surface area contributed by atoms with Gasteiger partial charge in [-0.25, -0.2) is 0 Å². The molecule has 4 saturated carbocycles. The zero-order chi connectivity index (χ0) is 28.1. The minimum absolute atomic E-state index is 0.0201. The topological polar surface area (TPSA) is 107 Å². The number of fused-ring (bicyclic) bond motifs is 7. The summed E-state index contributed by atoms with van der Waals surface area (Å²) in [5.41, 5.74) is 9.25. The summed E-state index contributed by atoms with van der Waals surface area (Å²) in [6, 6.07) is 2.24. The van der Waals surface area contributed by atoms with Gasteiger partial charge in [0.15, 0.2) is 5.78 Å². The van der Waals surface area contributed by atoms with Crippen molar-refractivity contribution in [1.29, 1.82) is 5.26 Å². The molecule has 5 aliphatic carbocycles. The number of amides is 1. The molecule has 4 fully saturated rings. The first-order valence-corrected chi connectivity index (χ1v) is 14.5. The molecule has 6 nitrogen and oxygen atoms in total. The molecule has 0 radical (unpaired) electrons. The number of rotatable bonds is 1. The summed E-state index contributed by atoms with van der Waals surface area (Å²) < 4.78 is 0. The lowest BCUT2D eigenvalue weighted by Crippen LogP contribution is -2.67. The van der Waals surface area contributed by atoms with Gasteiger partial charge in [-0.05, 0) is 107 Å². The van der Waals surface area contributed by atoms with Crippen LogP contribution >= 0.6 is 0 Å². The lowest BCUT2D eigenvalue weighted by atomic mass is 9.31. The Bertz CT molecular complexity index is 1250. The zero-order valence-electron chi connectivity index (χ0n) is 24.4. The van der Waals surface area contributed by atoms with Crippen molar-refractivity contribution in [3.05, 3.63) is 34.2 Å². The molecule has 5 aliphatic rings. The van der Waals surface area contributed by atoms with Gasteiger partial charge in [0.2, 0.25) is 5.91 Å². The molecule has 1 amide bonds. The molecule has 0 aromatic heterocycles. The molecule has 0 aliphatic heterocycles. The second kappa shape index (κ2) is 8.07. The highest BCUT2D eigenvalue weighted by Crippen LogP contribution is 2.77. The van der Waals surface area contributed by atoms with Crippen molar-refractivity contribution in [3.8, 4) is 6.07 Å². The molecular formula is C32H44N4O2. The van der Waals surface area contributed by atoms with E-state index in [0.717, 1.165) is 51.4 Å². The van der Waals surface area contributed by atoms with Crippen LogP contribution in [0.5, 0.6) is 0 Å². The second-order valence-electron chi connectivity index (χ2n) is 15.5. The monoisotopic (exact) mass is 516 g/mol. The first-order valence-electron chi connectivity index (χ1n) is 14.5. The third kappa shape index (κ3) is 3.21. The van der Waals surface area contributed by atoms with Crippen molar-refractivity contribution in [2.24, 2.45) is 61.3 Å². The van der Waals surface area contributed by atoms with Crippen LogP contribution in [0.15, 0.2) is 28.9 Å². The smallest absolute Gasteiger partial charge is 0.225 e. The van der Waals surface area contributed by atoms with Gasteiger partial charge >= 0.3 is 0 Å². The van der Waals surface area contributed by atoms with E-state index in [9.17, 15) is 20.4 Å². The number of Topliss-reactive ketones (excluding diaryl/α,β-unsaturated/α-hetero) is 1. The number of nitriles is 1.